The van der Waals surface area contributed by atoms with Gasteiger partial charge in [-0.25, -0.2) is 18.1 Å². The van der Waals surface area contributed by atoms with Crippen molar-refractivity contribution in [1.82, 2.24) is 9.71 Å². The first kappa shape index (κ1) is 25.6. The van der Waals surface area contributed by atoms with E-state index in [1.165, 1.54) is 10.8 Å². The van der Waals surface area contributed by atoms with E-state index in [0.717, 1.165) is 30.5 Å². The molecule has 0 saturated heterocycles. The topological polar surface area (TPSA) is 85.4 Å². The van der Waals surface area contributed by atoms with Gasteiger partial charge >= 0.3 is 12.4 Å². The Morgan fingerprint density at radius 1 is 1.09 bits per heavy atom. The molecule has 0 amide bonds. The molecule has 0 bridgehead atoms. The number of rotatable bonds is 9. The molecule has 0 saturated carbocycles. The number of alkyl halides is 6. The van der Waals surface area contributed by atoms with Crippen molar-refractivity contribution in [2.75, 3.05) is 13.2 Å². The molecule has 176 valence electrons. The van der Waals surface area contributed by atoms with Crippen LogP contribution in [0.2, 0.25) is 0 Å². The molecule has 2 aromatic rings. The summed E-state index contributed by atoms with van der Waals surface area (Å²) in [6, 6.07) is 5.10. The van der Waals surface area contributed by atoms with Gasteiger partial charge in [0.15, 0.2) is 0 Å². The number of hydrogen-bond donors (Lipinski definition) is 1. The van der Waals surface area contributed by atoms with E-state index in [9.17, 15) is 39.6 Å². The van der Waals surface area contributed by atoms with E-state index < -0.39 is 58.0 Å². The summed E-state index contributed by atoms with van der Waals surface area (Å²) in [6.45, 7) is -0.113. The Kier molecular flexibility index (Phi) is 7.88. The van der Waals surface area contributed by atoms with Crippen molar-refractivity contribution in [2.24, 2.45) is 0 Å². The molecule has 1 aromatic carbocycles. The van der Waals surface area contributed by atoms with Crippen LogP contribution in [0.1, 0.15) is 23.6 Å². The van der Waals surface area contributed by atoms with Gasteiger partial charge in [0.25, 0.3) is 0 Å². The number of benzene rings is 1. The molecule has 32 heavy (non-hydrogen) atoms. The summed E-state index contributed by atoms with van der Waals surface area (Å²) in [5.74, 6) is -0.690. The lowest BCUT2D eigenvalue weighted by atomic mass is 10.0. The quantitative estimate of drug-likeness (QED) is 0.549. The van der Waals surface area contributed by atoms with Gasteiger partial charge in [0.2, 0.25) is 15.9 Å². The van der Waals surface area contributed by atoms with Crippen molar-refractivity contribution in [3.63, 3.8) is 0 Å². The number of halogens is 6. The minimum absolute atomic E-state index is 0.0290. The standard InChI is InChI=1S/C19H18F6N2O4S/c1-2-31-17-13(9-16(10-26-17)32(29,30)27-11-18(20,21)22)8-15(28)7-12-4-3-5-14(6-12)19(23,24)25/h3-6,9-10,27H,2,7-8,11H2,1H3. The summed E-state index contributed by atoms with van der Waals surface area (Å²) < 4.78 is 106. The molecule has 1 N–H and O–H groups in total. The largest absolute Gasteiger partial charge is 0.478 e. The van der Waals surface area contributed by atoms with Crippen molar-refractivity contribution in [2.45, 2.75) is 37.0 Å². The molecule has 0 aliphatic heterocycles. The summed E-state index contributed by atoms with van der Waals surface area (Å²) in [6.07, 6.45) is -9.43. The molecule has 0 atom stereocenters. The molecule has 0 radical (unpaired) electrons. The smallest absolute Gasteiger partial charge is 0.416 e. The van der Waals surface area contributed by atoms with Gasteiger partial charge in [-0.05, 0) is 24.6 Å². The first-order valence-corrected chi connectivity index (χ1v) is 10.6. The van der Waals surface area contributed by atoms with Gasteiger partial charge in [-0.15, -0.1) is 0 Å². The maximum Gasteiger partial charge on any atom is 0.416 e. The van der Waals surface area contributed by atoms with Crippen LogP contribution in [0.25, 0.3) is 0 Å². The second-order valence-corrected chi connectivity index (χ2v) is 8.37. The van der Waals surface area contributed by atoms with Crippen LogP contribution >= 0.6 is 0 Å². The van der Waals surface area contributed by atoms with Crippen LogP contribution in [0.3, 0.4) is 0 Å². The average Bonchev–Trinajstić information content (AvgIpc) is 2.67. The minimum atomic E-state index is -4.78. The fourth-order valence-corrected chi connectivity index (χ4v) is 3.65. The summed E-state index contributed by atoms with van der Waals surface area (Å²) in [5.41, 5.74) is -0.867. The SMILES string of the molecule is CCOc1ncc(S(=O)(=O)NCC(F)(F)F)cc1CC(=O)Cc1cccc(C(F)(F)F)c1. The Bertz CT molecular complexity index is 1070. The van der Waals surface area contributed by atoms with E-state index in [2.05, 4.69) is 4.98 Å². The molecule has 6 nitrogen and oxygen atoms in total. The molecule has 2 rings (SSSR count). The van der Waals surface area contributed by atoms with Gasteiger partial charge in [-0.1, -0.05) is 18.2 Å². The van der Waals surface area contributed by atoms with Crippen molar-refractivity contribution in [1.29, 1.82) is 0 Å². The molecule has 0 aliphatic carbocycles. The number of ketones is 1. The number of nitrogens with one attached hydrogen (secondary N) is 1. The van der Waals surface area contributed by atoms with E-state index >= 15 is 0 Å². The van der Waals surface area contributed by atoms with Gasteiger partial charge in [0.1, 0.15) is 17.2 Å². The van der Waals surface area contributed by atoms with Crippen LogP contribution in [0, 0.1) is 0 Å². The van der Waals surface area contributed by atoms with Crippen molar-refractivity contribution < 1.29 is 44.3 Å². The molecular formula is C19H18F6N2O4S. The minimum Gasteiger partial charge on any atom is -0.478 e. The van der Waals surface area contributed by atoms with Crippen molar-refractivity contribution in [3.8, 4) is 5.88 Å². The molecule has 13 heteroatoms. The number of carbonyl (C=O) groups is 1. The molecule has 1 heterocycles. The maximum absolute atomic E-state index is 12.8. The van der Waals surface area contributed by atoms with E-state index in [1.54, 1.807) is 6.92 Å². The molecule has 0 aliphatic rings. The van der Waals surface area contributed by atoms with E-state index in [4.69, 9.17) is 4.74 Å². The molecule has 1 aromatic heterocycles. The first-order chi connectivity index (χ1) is 14.7. The monoisotopic (exact) mass is 484 g/mol. The Morgan fingerprint density at radius 2 is 1.78 bits per heavy atom. The number of aromatic nitrogens is 1. The predicted molar refractivity (Wildman–Crippen MR) is 101 cm³/mol. The second kappa shape index (κ2) is 9.86. The summed E-state index contributed by atoms with van der Waals surface area (Å²) in [7, 11) is -4.59. The van der Waals surface area contributed by atoms with E-state index in [-0.39, 0.29) is 23.6 Å². The van der Waals surface area contributed by atoms with Crippen LogP contribution < -0.4 is 9.46 Å². The Morgan fingerprint density at radius 3 is 2.38 bits per heavy atom. The third-order valence-electron chi connectivity index (χ3n) is 4.00. The Hall–Kier alpha value is -2.67. The summed E-state index contributed by atoms with van der Waals surface area (Å²) in [5, 5.41) is 0. The fourth-order valence-electron chi connectivity index (χ4n) is 2.64. The fraction of sp³-hybridized carbons (Fsp3) is 0.368. The van der Waals surface area contributed by atoms with E-state index in [0.29, 0.717) is 0 Å². The second-order valence-electron chi connectivity index (χ2n) is 6.60. The predicted octanol–water partition coefficient (Wildman–Crippen LogP) is 3.69. The molecule has 0 unspecified atom stereocenters. The van der Waals surface area contributed by atoms with Crippen LogP contribution in [0.5, 0.6) is 5.88 Å². The zero-order chi connectivity index (χ0) is 24.2. The highest BCUT2D eigenvalue weighted by Crippen LogP contribution is 2.30. The lowest BCUT2D eigenvalue weighted by Crippen LogP contribution is -2.33. The number of sulfonamides is 1. The lowest BCUT2D eigenvalue weighted by molar-refractivity contribution is -0.137. The zero-order valence-corrected chi connectivity index (χ0v) is 17.4. The number of pyridine rings is 1. The molecule has 0 spiro atoms. The normalized spacial score (nSPS) is 12.6. The van der Waals surface area contributed by atoms with Crippen LogP contribution in [-0.2, 0) is 33.8 Å². The maximum atomic E-state index is 12.8. The van der Waals surface area contributed by atoms with Crippen LogP contribution in [0.4, 0.5) is 26.3 Å². The average molecular weight is 484 g/mol. The molecule has 0 fully saturated rings. The van der Waals surface area contributed by atoms with Gasteiger partial charge in [0, 0.05) is 18.4 Å². The van der Waals surface area contributed by atoms with Gasteiger partial charge in [-0.2, -0.15) is 26.3 Å². The lowest BCUT2D eigenvalue weighted by Gasteiger charge is -2.13. The van der Waals surface area contributed by atoms with Gasteiger partial charge in [-0.3, -0.25) is 4.79 Å². The third-order valence-corrected chi connectivity index (χ3v) is 5.37. The van der Waals surface area contributed by atoms with Crippen LogP contribution in [0.15, 0.2) is 41.4 Å². The molecular weight excluding hydrogens is 466 g/mol. The van der Waals surface area contributed by atoms with Crippen molar-refractivity contribution in [3.05, 3.63) is 53.2 Å². The van der Waals surface area contributed by atoms with Crippen molar-refractivity contribution >= 4 is 15.8 Å². The highest BCUT2D eigenvalue weighted by atomic mass is 32.2. The van der Waals surface area contributed by atoms with Gasteiger partial charge in [0.05, 0.1) is 18.4 Å². The number of ether oxygens (including phenoxy) is 1. The number of carbonyl (C=O) groups excluding carboxylic acids is 1. The van der Waals surface area contributed by atoms with Crippen LogP contribution in [-0.4, -0.2) is 38.5 Å². The van der Waals surface area contributed by atoms with Gasteiger partial charge < -0.3 is 4.74 Å². The Balaban J connectivity index is 2.25. The first-order valence-electron chi connectivity index (χ1n) is 9.07. The van der Waals surface area contributed by atoms with E-state index in [1.807, 2.05) is 0 Å². The number of nitrogens with zero attached hydrogens (tertiary/aromatic N) is 1. The number of Topliss-reactive ketones (excluding diaryl/α,β-unsaturated/α-hetero) is 1. The summed E-state index contributed by atoms with van der Waals surface area (Å²) >= 11 is 0. The highest BCUT2D eigenvalue weighted by Gasteiger charge is 2.31. The Labute approximate surface area is 179 Å². The highest BCUT2D eigenvalue weighted by molar-refractivity contribution is 7.89. The third kappa shape index (κ3) is 7.48. The zero-order valence-electron chi connectivity index (χ0n) is 16.5. The number of hydrogen-bond acceptors (Lipinski definition) is 5. The summed E-state index contributed by atoms with van der Waals surface area (Å²) in [4.78, 5) is 15.6.